The number of nitrogens with one attached hydrogen (secondary N) is 1. The SMILES string of the molecule is CN(Cc1cccc2ccccc12)C(=O)CCCOc1ccc2c(c1)CCC(=O)N2. The molecule has 1 aliphatic rings. The van der Waals surface area contributed by atoms with E-state index in [-0.39, 0.29) is 11.8 Å². The zero-order valence-corrected chi connectivity index (χ0v) is 17.2. The van der Waals surface area contributed by atoms with Crippen molar-refractivity contribution in [3.8, 4) is 5.75 Å². The summed E-state index contributed by atoms with van der Waals surface area (Å²) in [6, 6.07) is 20.2. The lowest BCUT2D eigenvalue weighted by Crippen LogP contribution is -2.26. The zero-order valence-electron chi connectivity index (χ0n) is 17.2. The summed E-state index contributed by atoms with van der Waals surface area (Å²) in [5.74, 6) is 0.948. The summed E-state index contributed by atoms with van der Waals surface area (Å²) in [6.07, 6.45) is 2.35. The molecule has 0 aliphatic carbocycles. The molecule has 0 unspecified atom stereocenters. The number of rotatable bonds is 7. The van der Waals surface area contributed by atoms with Gasteiger partial charge < -0.3 is 15.0 Å². The summed E-state index contributed by atoms with van der Waals surface area (Å²) in [6.45, 7) is 1.08. The minimum absolute atomic E-state index is 0.0577. The summed E-state index contributed by atoms with van der Waals surface area (Å²) in [7, 11) is 1.85. The molecule has 0 fully saturated rings. The van der Waals surface area contributed by atoms with E-state index in [1.807, 2.05) is 43.4 Å². The fourth-order valence-electron chi connectivity index (χ4n) is 3.83. The van der Waals surface area contributed by atoms with Crippen LogP contribution in [0.4, 0.5) is 5.69 Å². The Labute approximate surface area is 176 Å². The molecule has 5 nitrogen and oxygen atoms in total. The monoisotopic (exact) mass is 402 g/mol. The van der Waals surface area contributed by atoms with Crippen LogP contribution in [0.25, 0.3) is 10.8 Å². The van der Waals surface area contributed by atoms with Crippen molar-refractivity contribution < 1.29 is 14.3 Å². The van der Waals surface area contributed by atoms with Crippen molar-refractivity contribution in [2.75, 3.05) is 19.0 Å². The zero-order chi connectivity index (χ0) is 20.9. The average molecular weight is 402 g/mol. The number of fused-ring (bicyclic) bond motifs is 2. The number of carbonyl (C=O) groups is 2. The number of carbonyl (C=O) groups excluding carboxylic acids is 2. The van der Waals surface area contributed by atoms with Crippen molar-refractivity contribution in [3.05, 3.63) is 71.8 Å². The maximum absolute atomic E-state index is 12.5. The minimum atomic E-state index is 0.0577. The van der Waals surface area contributed by atoms with Crippen LogP contribution in [0.5, 0.6) is 5.75 Å². The molecular weight excluding hydrogens is 376 g/mol. The molecule has 0 bridgehead atoms. The highest BCUT2D eigenvalue weighted by molar-refractivity contribution is 5.94. The summed E-state index contributed by atoms with van der Waals surface area (Å²) in [5, 5.41) is 5.24. The number of anilines is 1. The molecule has 1 heterocycles. The number of ether oxygens (including phenoxy) is 1. The van der Waals surface area contributed by atoms with Crippen LogP contribution in [0.1, 0.15) is 30.4 Å². The second kappa shape index (κ2) is 8.99. The Hall–Kier alpha value is -3.34. The van der Waals surface area contributed by atoms with Crippen LogP contribution >= 0.6 is 0 Å². The highest BCUT2D eigenvalue weighted by Crippen LogP contribution is 2.27. The number of amides is 2. The first kappa shape index (κ1) is 20.0. The second-order valence-corrected chi connectivity index (χ2v) is 7.71. The third-order valence-corrected chi connectivity index (χ3v) is 5.49. The van der Waals surface area contributed by atoms with Gasteiger partial charge in [0.05, 0.1) is 6.61 Å². The van der Waals surface area contributed by atoms with Gasteiger partial charge in [-0.15, -0.1) is 0 Å². The predicted molar refractivity (Wildman–Crippen MR) is 119 cm³/mol. The summed E-state index contributed by atoms with van der Waals surface area (Å²) in [4.78, 5) is 25.8. The molecule has 3 aromatic carbocycles. The fraction of sp³-hybridized carbons (Fsp3) is 0.280. The first-order valence-corrected chi connectivity index (χ1v) is 10.4. The van der Waals surface area contributed by atoms with E-state index in [4.69, 9.17) is 4.74 Å². The topological polar surface area (TPSA) is 58.6 Å². The third-order valence-electron chi connectivity index (χ3n) is 5.49. The largest absolute Gasteiger partial charge is 0.494 e. The molecule has 0 saturated heterocycles. The van der Waals surface area contributed by atoms with Gasteiger partial charge in [-0.3, -0.25) is 9.59 Å². The van der Waals surface area contributed by atoms with Crippen molar-refractivity contribution in [2.45, 2.75) is 32.2 Å². The summed E-state index contributed by atoms with van der Waals surface area (Å²) < 4.78 is 5.82. The molecule has 154 valence electrons. The summed E-state index contributed by atoms with van der Waals surface area (Å²) in [5.41, 5.74) is 3.11. The van der Waals surface area contributed by atoms with Gasteiger partial charge >= 0.3 is 0 Å². The van der Waals surface area contributed by atoms with Gasteiger partial charge in [-0.25, -0.2) is 0 Å². The normalized spacial score (nSPS) is 12.9. The van der Waals surface area contributed by atoms with Crippen molar-refractivity contribution in [3.63, 3.8) is 0 Å². The molecular formula is C25H26N2O3. The van der Waals surface area contributed by atoms with Gasteiger partial charge in [-0.2, -0.15) is 0 Å². The molecule has 1 aliphatic heterocycles. The second-order valence-electron chi connectivity index (χ2n) is 7.71. The third kappa shape index (κ3) is 4.62. The quantitative estimate of drug-likeness (QED) is 0.590. The van der Waals surface area contributed by atoms with Crippen LogP contribution in [0, 0.1) is 0 Å². The maximum Gasteiger partial charge on any atom is 0.224 e. The predicted octanol–water partition coefficient (Wildman–Crippen LogP) is 4.54. The van der Waals surface area contributed by atoms with Crippen molar-refractivity contribution in [1.29, 1.82) is 0 Å². The number of hydrogen-bond acceptors (Lipinski definition) is 3. The average Bonchev–Trinajstić information content (AvgIpc) is 2.76. The lowest BCUT2D eigenvalue weighted by Gasteiger charge is -2.19. The smallest absolute Gasteiger partial charge is 0.224 e. The van der Waals surface area contributed by atoms with Crippen LogP contribution in [0.2, 0.25) is 0 Å². The van der Waals surface area contributed by atoms with Gasteiger partial charge in [0.2, 0.25) is 11.8 Å². The van der Waals surface area contributed by atoms with Crippen LogP contribution in [-0.2, 0) is 22.6 Å². The number of benzene rings is 3. The maximum atomic E-state index is 12.5. The van der Waals surface area contributed by atoms with E-state index < -0.39 is 0 Å². The first-order valence-electron chi connectivity index (χ1n) is 10.4. The van der Waals surface area contributed by atoms with Crippen LogP contribution in [0.3, 0.4) is 0 Å². The Morgan fingerprint density at radius 3 is 2.80 bits per heavy atom. The lowest BCUT2D eigenvalue weighted by molar-refractivity contribution is -0.130. The molecule has 5 heteroatoms. The number of aryl methyl sites for hydroxylation is 1. The van der Waals surface area contributed by atoms with Gasteiger partial charge in [0, 0.05) is 32.1 Å². The highest BCUT2D eigenvalue weighted by Gasteiger charge is 2.15. The highest BCUT2D eigenvalue weighted by atomic mass is 16.5. The summed E-state index contributed by atoms with van der Waals surface area (Å²) >= 11 is 0. The Morgan fingerprint density at radius 2 is 1.90 bits per heavy atom. The minimum Gasteiger partial charge on any atom is -0.494 e. The van der Waals surface area contributed by atoms with Gasteiger partial charge in [0.15, 0.2) is 0 Å². The molecule has 30 heavy (non-hydrogen) atoms. The van der Waals surface area contributed by atoms with E-state index in [0.29, 0.717) is 32.4 Å². The first-order chi connectivity index (χ1) is 14.6. The molecule has 0 aromatic heterocycles. The Balaban J connectivity index is 1.26. The van der Waals surface area contributed by atoms with Gasteiger partial charge in [-0.05, 0) is 52.9 Å². The number of nitrogens with zero attached hydrogens (tertiary/aromatic N) is 1. The van der Waals surface area contributed by atoms with Gasteiger partial charge in [0.1, 0.15) is 5.75 Å². The van der Waals surface area contributed by atoms with Crippen LogP contribution < -0.4 is 10.1 Å². The van der Waals surface area contributed by atoms with Gasteiger partial charge in [0.25, 0.3) is 0 Å². The molecule has 2 amide bonds. The Morgan fingerprint density at radius 1 is 1.07 bits per heavy atom. The molecule has 3 aromatic rings. The van der Waals surface area contributed by atoms with Crippen molar-refractivity contribution in [2.24, 2.45) is 0 Å². The van der Waals surface area contributed by atoms with Crippen molar-refractivity contribution in [1.82, 2.24) is 4.90 Å². The van der Waals surface area contributed by atoms with E-state index >= 15 is 0 Å². The Kier molecular flexibility index (Phi) is 5.98. The van der Waals surface area contributed by atoms with E-state index in [1.54, 1.807) is 4.90 Å². The van der Waals surface area contributed by atoms with Crippen LogP contribution in [0.15, 0.2) is 60.7 Å². The molecule has 0 spiro atoms. The molecule has 0 atom stereocenters. The van der Waals surface area contributed by atoms with E-state index in [1.165, 1.54) is 10.8 Å². The van der Waals surface area contributed by atoms with E-state index in [9.17, 15) is 9.59 Å². The molecule has 0 saturated carbocycles. The lowest BCUT2D eigenvalue weighted by atomic mass is 10.0. The Bertz CT molecular complexity index is 1070. The standard InChI is InChI=1S/C25H26N2O3/c1-27(17-20-8-4-7-18-6-2-3-9-22(18)20)25(29)10-5-15-30-21-12-13-23-19(16-21)11-14-24(28)26-23/h2-4,6-9,12-13,16H,5,10-11,14-15,17H2,1H3,(H,26,28). The van der Waals surface area contributed by atoms with Gasteiger partial charge in [-0.1, -0.05) is 42.5 Å². The number of hydrogen-bond donors (Lipinski definition) is 1. The van der Waals surface area contributed by atoms with Crippen molar-refractivity contribution >= 4 is 28.3 Å². The molecule has 1 N–H and O–H groups in total. The van der Waals surface area contributed by atoms with E-state index in [2.05, 4.69) is 29.6 Å². The fourth-order valence-corrected chi connectivity index (χ4v) is 3.83. The molecule has 0 radical (unpaired) electrons. The van der Waals surface area contributed by atoms with E-state index in [0.717, 1.165) is 29.0 Å². The van der Waals surface area contributed by atoms with Crippen LogP contribution in [-0.4, -0.2) is 30.4 Å². The molecule has 4 rings (SSSR count).